The molecule has 2 aromatic heterocycles. The summed E-state index contributed by atoms with van der Waals surface area (Å²) < 4.78 is 59.0. The predicted octanol–water partition coefficient (Wildman–Crippen LogP) is 4.22. The molecule has 0 saturated heterocycles. The van der Waals surface area contributed by atoms with E-state index in [-0.39, 0.29) is 22.5 Å². The molecular formula is C19H13F2N3O3S2. The highest BCUT2D eigenvalue weighted by atomic mass is 32.2. The van der Waals surface area contributed by atoms with E-state index in [0.717, 1.165) is 11.3 Å². The van der Waals surface area contributed by atoms with Gasteiger partial charge in [-0.25, -0.2) is 21.9 Å². The largest absolute Gasteiger partial charge is 0.334 e. The van der Waals surface area contributed by atoms with Crippen molar-refractivity contribution in [3.8, 4) is 22.8 Å². The number of halogens is 2. The molecule has 0 spiro atoms. The highest BCUT2D eigenvalue weighted by molar-refractivity contribution is 7.91. The minimum atomic E-state index is -3.77. The van der Waals surface area contributed by atoms with Crippen LogP contribution in [-0.4, -0.2) is 18.6 Å². The maximum absolute atomic E-state index is 13.4. The number of nitrogens with zero attached hydrogens (tertiary/aromatic N) is 2. The second-order valence-electron chi connectivity index (χ2n) is 6.04. The Bertz CT molecular complexity index is 1250. The molecule has 6 nitrogen and oxygen atoms in total. The van der Waals surface area contributed by atoms with Crippen LogP contribution >= 0.6 is 11.3 Å². The number of hydrogen-bond donors (Lipinski definition) is 1. The second kappa shape index (κ2) is 7.82. The van der Waals surface area contributed by atoms with Crippen molar-refractivity contribution >= 4 is 21.4 Å². The van der Waals surface area contributed by atoms with Crippen molar-refractivity contribution in [2.45, 2.75) is 10.8 Å². The van der Waals surface area contributed by atoms with Crippen molar-refractivity contribution in [1.29, 1.82) is 0 Å². The quantitative estimate of drug-likeness (QED) is 0.492. The number of rotatable bonds is 6. The van der Waals surface area contributed by atoms with E-state index < -0.39 is 21.7 Å². The maximum atomic E-state index is 13.4. The zero-order valence-electron chi connectivity index (χ0n) is 14.7. The minimum absolute atomic E-state index is 0.0279. The Morgan fingerprint density at radius 2 is 1.79 bits per heavy atom. The number of sulfonamides is 1. The van der Waals surface area contributed by atoms with E-state index >= 15 is 0 Å². The average Bonchev–Trinajstić information content (AvgIpc) is 3.37. The number of thiophene rings is 1. The van der Waals surface area contributed by atoms with Gasteiger partial charge in [0, 0.05) is 17.5 Å². The molecule has 148 valence electrons. The molecule has 2 aromatic carbocycles. The topological polar surface area (TPSA) is 85.1 Å². The summed E-state index contributed by atoms with van der Waals surface area (Å²) >= 11 is 0.998. The second-order valence-corrected chi connectivity index (χ2v) is 8.94. The van der Waals surface area contributed by atoms with E-state index in [1.807, 2.05) is 0 Å². The summed E-state index contributed by atoms with van der Waals surface area (Å²) in [6.45, 7) is 0.0279. The van der Waals surface area contributed by atoms with Gasteiger partial charge in [-0.05, 0) is 35.9 Å². The molecule has 29 heavy (non-hydrogen) atoms. The van der Waals surface area contributed by atoms with Crippen LogP contribution in [0.5, 0.6) is 0 Å². The third-order valence-electron chi connectivity index (χ3n) is 3.98. The van der Waals surface area contributed by atoms with Gasteiger partial charge in [-0.3, -0.25) is 0 Å². The normalized spacial score (nSPS) is 11.7. The summed E-state index contributed by atoms with van der Waals surface area (Å²) in [5, 5.41) is 5.39. The summed E-state index contributed by atoms with van der Waals surface area (Å²) in [5.41, 5.74) is 1.51. The van der Waals surface area contributed by atoms with Gasteiger partial charge in [-0.2, -0.15) is 4.98 Å². The molecule has 0 radical (unpaired) electrons. The van der Waals surface area contributed by atoms with E-state index in [4.69, 9.17) is 4.52 Å². The lowest BCUT2D eigenvalue weighted by Gasteiger charge is -2.04. The Morgan fingerprint density at radius 1 is 1.00 bits per heavy atom. The Hall–Kier alpha value is -2.95. The fraction of sp³-hybridized carbons (Fsp3) is 0.0526. The van der Waals surface area contributed by atoms with Crippen LogP contribution in [0.2, 0.25) is 0 Å². The van der Waals surface area contributed by atoms with Gasteiger partial charge in [-0.15, -0.1) is 11.3 Å². The van der Waals surface area contributed by atoms with Crippen LogP contribution in [0.25, 0.3) is 22.8 Å². The average molecular weight is 433 g/mol. The third-order valence-corrected chi connectivity index (χ3v) is 6.82. The number of benzene rings is 2. The lowest BCUT2D eigenvalue weighted by molar-refractivity contribution is 0.432. The Balaban J connectivity index is 1.51. The van der Waals surface area contributed by atoms with E-state index in [1.165, 1.54) is 48.5 Å². The number of hydrogen-bond acceptors (Lipinski definition) is 6. The molecule has 0 atom stereocenters. The summed E-state index contributed by atoms with van der Waals surface area (Å²) in [7, 11) is -3.77. The van der Waals surface area contributed by atoms with Crippen LogP contribution in [0.3, 0.4) is 0 Å². The van der Waals surface area contributed by atoms with Crippen molar-refractivity contribution in [3.05, 3.63) is 77.2 Å². The van der Waals surface area contributed by atoms with Crippen LogP contribution in [-0.2, 0) is 16.6 Å². The Morgan fingerprint density at radius 3 is 2.55 bits per heavy atom. The zero-order valence-corrected chi connectivity index (χ0v) is 16.3. The van der Waals surface area contributed by atoms with Crippen LogP contribution in [0.1, 0.15) is 5.56 Å². The summed E-state index contributed by atoms with van der Waals surface area (Å²) in [6.07, 6.45) is 0. The van der Waals surface area contributed by atoms with E-state index in [9.17, 15) is 17.2 Å². The van der Waals surface area contributed by atoms with Gasteiger partial charge >= 0.3 is 0 Å². The van der Waals surface area contributed by atoms with Gasteiger partial charge in [0.15, 0.2) is 0 Å². The summed E-state index contributed by atoms with van der Waals surface area (Å²) in [5.74, 6) is -0.494. The summed E-state index contributed by atoms with van der Waals surface area (Å²) in [6, 6.07) is 12.7. The van der Waals surface area contributed by atoms with E-state index in [1.54, 1.807) is 11.4 Å². The van der Waals surface area contributed by atoms with Crippen LogP contribution < -0.4 is 4.72 Å². The first-order chi connectivity index (χ1) is 13.9. The van der Waals surface area contributed by atoms with E-state index in [0.29, 0.717) is 16.7 Å². The number of aromatic nitrogens is 2. The minimum Gasteiger partial charge on any atom is -0.334 e. The first kappa shape index (κ1) is 19.4. The smallest absolute Gasteiger partial charge is 0.259 e. The first-order valence-electron chi connectivity index (χ1n) is 8.33. The molecule has 10 heteroatoms. The van der Waals surface area contributed by atoms with Gasteiger partial charge in [0.05, 0.1) is 5.56 Å². The molecule has 0 bridgehead atoms. The van der Waals surface area contributed by atoms with Crippen molar-refractivity contribution in [2.24, 2.45) is 0 Å². The molecule has 0 unspecified atom stereocenters. The van der Waals surface area contributed by atoms with Gasteiger partial charge in [0.1, 0.15) is 15.8 Å². The molecule has 1 N–H and O–H groups in total. The van der Waals surface area contributed by atoms with Crippen LogP contribution in [0, 0.1) is 11.6 Å². The molecule has 0 aliphatic rings. The maximum Gasteiger partial charge on any atom is 0.259 e. The fourth-order valence-electron chi connectivity index (χ4n) is 2.51. The third kappa shape index (κ3) is 4.39. The molecule has 2 heterocycles. The van der Waals surface area contributed by atoms with E-state index in [2.05, 4.69) is 14.9 Å². The summed E-state index contributed by atoms with van der Waals surface area (Å²) in [4.78, 5) is 4.20. The SMILES string of the molecule is O=S(=O)(NCc1ccc(F)cc1)c1cc(-c2nc(-c3cccc(F)c3)no2)cs1. The Labute approximate surface area is 168 Å². The fourth-order valence-corrected chi connectivity index (χ4v) is 4.72. The molecule has 0 aliphatic heterocycles. The molecule has 0 fully saturated rings. The molecule has 4 aromatic rings. The van der Waals surface area contributed by atoms with Gasteiger partial charge < -0.3 is 4.52 Å². The number of nitrogens with one attached hydrogen (secondary N) is 1. The molecule has 0 saturated carbocycles. The highest BCUT2D eigenvalue weighted by Crippen LogP contribution is 2.29. The predicted molar refractivity (Wildman–Crippen MR) is 103 cm³/mol. The highest BCUT2D eigenvalue weighted by Gasteiger charge is 2.20. The van der Waals surface area contributed by atoms with Crippen molar-refractivity contribution in [1.82, 2.24) is 14.9 Å². The molecule has 4 rings (SSSR count). The lowest BCUT2D eigenvalue weighted by Crippen LogP contribution is -2.22. The van der Waals surface area contributed by atoms with Crippen LogP contribution in [0.4, 0.5) is 8.78 Å². The van der Waals surface area contributed by atoms with Crippen molar-refractivity contribution in [3.63, 3.8) is 0 Å². The molecule has 0 aliphatic carbocycles. The Kier molecular flexibility index (Phi) is 5.22. The monoisotopic (exact) mass is 433 g/mol. The molecular weight excluding hydrogens is 420 g/mol. The van der Waals surface area contributed by atoms with Crippen LogP contribution in [0.15, 0.2) is 68.7 Å². The molecule has 0 amide bonds. The van der Waals surface area contributed by atoms with Gasteiger partial charge in [-0.1, -0.05) is 29.4 Å². The van der Waals surface area contributed by atoms with Crippen molar-refractivity contribution < 1.29 is 21.7 Å². The first-order valence-corrected chi connectivity index (χ1v) is 10.7. The standard InChI is InChI=1S/C19H13F2N3O3S2/c20-15-6-4-12(5-7-15)10-22-29(25,26)17-9-14(11-28-17)19-23-18(24-27-19)13-2-1-3-16(21)8-13/h1-9,11,22H,10H2. The van der Waals surface area contributed by atoms with Gasteiger partial charge in [0.2, 0.25) is 15.8 Å². The van der Waals surface area contributed by atoms with Gasteiger partial charge in [0.25, 0.3) is 5.89 Å². The zero-order chi connectivity index (χ0) is 20.4. The lowest BCUT2D eigenvalue weighted by atomic mass is 10.2. The van der Waals surface area contributed by atoms with Crippen molar-refractivity contribution in [2.75, 3.05) is 0 Å².